The van der Waals surface area contributed by atoms with Crippen molar-refractivity contribution in [2.45, 2.75) is 33.6 Å². The van der Waals surface area contributed by atoms with Crippen molar-refractivity contribution in [2.75, 3.05) is 0 Å². The fourth-order valence-corrected chi connectivity index (χ4v) is 2.32. The van der Waals surface area contributed by atoms with Crippen LogP contribution >= 0.6 is 15.9 Å². The molecule has 0 aliphatic carbocycles. The molecule has 15 heavy (non-hydrogen) atoms. The Bertz CT molecular complexity index is 355. The molecular weight excluding hydrogens is 252 g/mol. The van der Waals surface area contributed by atoms with Crippen molar-refractivity contribution in [1.82, 2.24) is 0 Å². The second kappa shape index (κ2) is 4.93. The molecule has 0 spiro atoms. The first-order valence-corrected chi connectivity index (χ1v) is 5.93. The first-order chi connectivity index (χ1) is 6.91. The van der Waals surface area contributed by atoms with Crippen LogP contribution in [0.1, 0.15) is 32.8 Å². The highest BCUT2D eigenvalue weighted by Crippen LogP contribution is 2.29. The lowest BCUT2D eigenvalue weighted by Crippen LogP contribution is -2.18. The van der Waals surface area contributed by atoms with Crippen LogP contribution in [0.2, 0.25) is 0 Å². The summed E-state index contributed by atoms with van der Waals surface area (Å²) in [5, 5.41) is 0. The van der Waals surface area contributed by atoms with Crippen LogP contribution in [-0.4, -0.2) is 5.78 Å². The summed E-state index contributed by atoms with van der Waals surface area (Å²) in [5.41, 5.74) is 1.30. The fraction of sp³-hybridized carbons (Fsp3) is 0.462. The Labute approximate surface area is 100 Å². The van der Waals surface area contributed by atoms with E-state index in [4.69, 9.17) is 0 Å². The summed E-state index contributed by atoms with van der Waals surface area (Å²) in [6.07, 6.45) is 1.56. The van der Waals surface area contributed by atoms with Gasteiger partial charge >= 0.3 is 0 Å². The SMILES string of the molecule is CC(=O)CC(C)(C)Cc1ccccc1Br. The third kappa shape index (κ3) is 4.17. The van der Waals surface area contributed by atoms with Crippen molar-refractivity contribution >= 4 is 21.7 Å². The number of halogens is 1. The largest absolute Gasteiger partial charge is 0.300 e. The van der Waals surface area contributed by atoms with Gasteiger partial charge in [-0.1, -0.05) is 48.0 Å². The van der Waals surface area contributed by atoms with Crippen LogP contribution < -0.4 is 0 Å². The predicted octanol–water partition coefficient (Wildman–Crippen LogP) is 4.00. The monoisotopic (exact) mass is 268 g/mol. The predicted molar refractivity (Wildman–Crippen MR) is 66.9 cm³/mol. The van der Waals surface area contributed by atoms with Crippen LogP contribution in [0.5, 0.6) is 0 Å². The van der Waals surface area contributed by atoms with Gasteiger partial charge in [-0.25, -0.2) is 0 Å². The molecule has 0 N–H and O–H groups in total. The standard InChI is InChI=1S/C13H17BrO/c1-10(15)8-13(2,3)9-11-6-4-5-7-12(11)14/h4-7H,8-9H2,1-3H3. The van der Waals surface area contributed by atoms with Gasteiger partial charge in [-0.2, -0.15) is 0 Å². The van der Waals surface area contributed by atoms with E-state index in [-0.39, 0.29) is 11.2 Å². The van der Waals surface area contributed by atoms with Crippen LogP contribution in [-0.2, 0) is 11.2 Å². The summed E-state index contributed by atoms with van der Waals surface area (Å²) < 4.78 is 1.13. The summed E-state index contributed by atoms with van der Waals surface area (Å²) >= 11 is 3.53. The number of rotatable bonds is 4. The highest BCUT2D eigenvalue weighted by molar-refractivity contribution is 9.10. The average molecular weight is 269 g/mol. The van der Waals surface area contributed by atoms with Crippen molar-refractivity contribution in [3.05, 3.63) is 34.3 Å². The van der Waals surface area contributed by atoms with Crippen LogP contribution in [0.25, 0.3) is 0 Å². The number of hydrogen-bond acceptors (Lipinski definition) is 1. The Hall–Kier alpha value is -0.630. The Morgan fingerprint density at radius 1 is 1.33 bits per heavy atom. The molecule has 0 saturated heterocycles. The molecule has 1 aromatic carbocycles. The van der Waals surface area contributed by atoms with Gasteiger partial charge in [-0.3, -0.25) is 0 Å². The summed E-state index contributed by atoms with van der Waals surface area (Å²) in [6.45, 7) is 5.92. The number of ketones is 1. The van der Waals surface area contributed by atoms with Crippen molar-refractivity contribution < 1.29 is 4.79 Å². The Kier molecular flexibility index (Phi) is 4.09. The van der Waals surface area contributed by atoms with Crippen LogP contribution in [0.4, 0.5) is 0 Å². The van der Waals surface area contributed by atoms with E-state index >= 15 is 0 Å². The molecule has 82 valence electrons. The van der Waals surface area contributed by atoms with Crippen LogP contribution in [0.3, 0.4) is 0 Å². The molecule has 0 atom stereocenters. The molecule has 2 heteroatoms. The first kappa shape index (κ1) is 12.4. The van der Waals surface area contributed by atoms with E-state index in [1.165, 1.54) is 5.56 Å². The van der Waals surface area contributed by atoms with Crippen molar-refractivity contribution in [3.63, 3.8) is 0 Å². The molecule has 0 saturated carbocycles. The van der Waals surface area contributed by atoms with E-state index in [2.05, 4.69) is 35.8 Å². The van der Waals surface area contributed by atoms with Gasteiger partial charge in [0.2, 0.25) is 0 Å². The lowest BCUT2D eigenvalue weighted by Gasteiger charge is -2.23. The van der Waals surface area contributed by atoms with Gasteiger partial charge in [-0.15, -0.1) is 0 Å². The van der Waals surface area contributed by atoms with Crippen LogP contribution in [0.15, 0.2) is 28.7 Å². The molecule has 0 aliphatic rings. The molecule has 0 unspecified atom stereocenters. The number of Topliss-reactive ketones (excluding diaryl/α,β-unsaturated/α-hetero) is 1. The molecule has 0 aliphatic heterocycles. The number of carbonyl (C=O) groups is 1. The van der Waals surface area contributed by atoms with E-state index in [0.29, 0.717) is 6.42 Å². The Morgan fingerprint density at radius 3 is 2.47 bits per heavy atom. The quantitative estimate of drug-likeness (QED) is 0.807. The van der Waals surface area contributed by atoms with E-state index in [1.807, 2.05) is 18.2 Å². The lowest BCUT2D eigenvalue weighted by atomic mass is 9.81. The first-order valence-electron chi connectivity index (χ1n) is 5.13. The summed E-state index contributed by atoms with van der Waals surface area (Å²) in [6, 6.07) is 8.18. The summed E-state index contributed by atoms with van der Waals surface area (Å²) in [4.78, 5) is 11.1. The van der Waals surface area contributed by atoms with E-state index in [9.17, 15) is 4.79 Å². The smallest absolute Gasteiger partial charge is 0.130 e. The van der Waals surface area contributed by atoms with E-state index in [0.717, 1.165) is 10.9 Å². The Morgan fingerprint density at radius 2 is 1.93 bits per heavy atom. The lowest BCUT2D eigenvalue weighted by molar-refractivity contribution is -0.118. The van der Waals surface area contributed by atoms with Crippen LogP contribution in [0, 0.1) is 5.41 Å². The second-order valence-corrected chi connectivity index (χ2v) is 5.67. The van der Waals surface area contributed by atoms with Gasteiger partial charge in [0.05, 0.1) is 0 Å². The fourth-order valence-electron chi connectivity index (χ4n) is 1.89. The van der Waals surface area contributed by atoms with Gasteiger partial charge in [0.1, 0.15) is 5.78 Å². The molecule has 0 bridgehead atoms. The third-order valence-electron chi connectivity index (χ3n) is 2.35. The Balaban J connectivity index is 2.77. The van der Waals surface area contributed by atoms with Crippen molar-refractivity contribution in [3.8, 4) is 0 Å². The third-order valence-corrected chi connectivity index (χ3v) is 3.13. The minimum Gasteiger partial charge on any atom is -0.300 e. The summed E-state index contributed by atoms with van der Waals surface area (Å²) in [7, 11) is 0. The molecule has 0 fully saturated rings. The number of carbonyl (C=O) groups excluding carboxylic acids is 1. The number of hydrogen-bond donors (Lipinski definition) is 0. The van der Waals surface area contributed by atoms with Gasteiger partial charge in [-0.05, 0) is 30.4 Å². The van der Waals surface area contributed by atoms with E-state index in [1.54, 1.807) is 6.92 Å². The minimum atomic E-state index is 0.0374. The molecule has 0 aromatic heterocycles. The molecule has 1 aromatic rings. The number of benzene rings is 1. The zero-order valence-corrected chi connectivity index (χ0v) is 11.1. The van der Waals surface area contributed by atoms with Crippen molar-refractivity contribution in [1.29, 1.82) is 0 Å². The minimum absolute atomic E-state index is 0.0374. The van der Waals surface area contributed by atoms with Crippen molar-refractivity contribution in [2.24, 2.45) is 5.41 Å². The zero-order valence-electron chi connectivity index (χ0n) is 9.51. The highest BCUT2D eigenvalue weighted by atomic mass is 79.9. The average Bonchev–Trinajstić information content (AvgIpc) is 2.06. The van der Waals surface area contributed by atoms with Gasteiger partial charge in [0.15, 0.2) is 0 Å². The van der Waals surface area contributed by atoms with Gasteiger partial charge < -0.3 is 4.79 Å². The maximum atomic E-state index is 11.1. The van der Waals surface area contributed by atoms with E-state index < -0.39 is 0 Å². The molecule has 0 radical (unpaired) electrons. The molecular formula is C13H17BrO. The topological polar surface area (TPSA) is 17.1 Å². The molecule has 0 heterocycles. The molecule has 1 rings (SSSR count). The maximum Gasteiger partial charge on any atom is 0.130 e. The summed E-state index contributed by atoms with van der Waals surface area (Å²) in [5.74, 6) is 0.257. The van der Waals surface area contributed by atoms with Gasteiger partial charge in [0, 0.05) is 10.9 Å². The highest BCUT2D eigenvalue weighted by Gasteiger charge is 2.21. The maximum absolute atomic E-state index is 11.1. The normalized spacial score (nSPS) is 11.5. The second-order valence-electron chi connectivity index (χ2n) is 4.81. The zero-order chi connectivity index (χ0) is 11.5. The molecule has 0 amide bonds. The van der Waals surface area contributed by atoms with Gasteiger partial charge in [0.25, 0.3) is 0 Å². The molecule has 1 nitrogen and oxygen atoms in total.